The first kappa shape index (κ1) is 24.0. The Kier molecular flexibility index (Phi) is 5.90. The Balaban J connectivity index is 1.54. The average Bonchev–Trinajstić information content (AvgIpc) is 3.53. The fourth-order valence-electron chi connectivity index (χ4n) is 4.39. The van der Waals surface area contributed by atoms with Crippen molar-refractivity contribution in [1.82, 2.24) is 9.78 Å². The van der Waals surface area contributed by atoms with E-state index in [2.05, 4.69) is 10.3 Å². The highest BCUT2D eigenvalue weighted by molar-refractivity contribution is 6.53. The number of hydrogen-bond donors (Lipinski definition) is 0. The summed E-state index contributed by atoms with van der Waals surface area (Å²) in [5.74, 6) is -4.95. The molecule has 10 nitrogen and oxygen atoms in total. The van der Waals surface area contributed by atoms with Gasteiger partial charge in [-0.15, -0.1) is 0 Å². The molecule has 0 N–H and O–H groups in total. The van der Waals surface area contributed by atoms with Gasteiger partial charge in [0.2, 0.25) is 17.8 Å². The van der Waals surface area contributed by atoms with Crippen LogP contribution in [0.15, 0.2) is 53.7 Å². The van der Waals surface area contributed by atoms with Crippen molar-refractivity contribution in [2.45, 2.75) is 26.9 Å². The van der Waals surface area contributed by atoms with Gasteiger partial charge in [0.05, 0.1) is 29.2 Å². The molecule has 1 fully saturated rings. The molecule has 11 heteroatoms. The molecule has 0 radical (unpaired) electrons. The molecule has 2 aliphatic rings. The van der Waals surface area contributed by atoms with E-state index in [1.165, 1.54) is 16.8 Å². The molecule has 5 rings (SSSR count). The number of aryl methyl sites for hydroxylation is 1. The quantitative estimate of drug-likeness (QED) is 0.288. The van der Waals surface area contributed by atoms with Crippen LogP contribution in [0.2, 0.25) is 0 Å². The van der Waals surface area contributed by atoms with Crippen molar-refractivity contribution in [2.24, 2.45) is 11.1 Å². The molecule has 2 unspecified atom stereocenters. The van der Waals surface area contributed by atoms with Crippen molar-refractivity contribution in [2.75, 3.05) is 11.5 Å². The molecule has 2 aliphatic heterocycles. The second kappa shape index (κ2) is 9.08. The van der Waals surface area contributed by atoms with Gasteiger partial charge >= 0.3 is 5.97 Å². The number of halogens is 1. The second-order valence-corrected chi connectivity index (χ2v) is 8.57. The number of aromatic nitrogens is 2. The molecular formula is C26H21FN4O6. The molecule has 2 aromatic carbocycles. The molecule has 1 saturated heterocycles. The Labute approximate surface area is 210 Å². The number of hydrogen-bond acceptors (Lipinski definition) is 8. The summed E-state index contributed by atoms with van der Waals surface area (Å²) in [6.45, 7) is 5.19. The van der Waals surface area contributed by atoms with E-state index in [9.17, 15) is 23.6 Å². The molecular weight excluding hydrogens is 483 g/mol. The lowest BCUT2D eigenvalue weighted by Crippen LogP contribution is -2.34. The highest BCUT2D eigenvalue weighted by Gasteiger charge is 2.58. The summed E-state index contributed by atoms with van der Waals surface area (Å²) in [4.78, 5) is 58.8. The van der Waals surface area contributed by atoms with Crippen LogP contribution in [0.25, 0.3) is 5.69 Å². The van der Waals surface area contributed by atoms with E-state index in [1.54, 1.807) is 26.0 Å². The van der Waals surface area contributed by atoms with E-state index in [1.807, 2.05) is 19.1 Å². The Hall–Kier alpha value is -4.67. The third-order valence-electron chi connectivity index (χ3n) is 6.22. The topological polar surface area (TPSA) is 120 Å². The second-order valence-electron chi connectivity index (χ2n) is 8.57. The number of amides is 2. The summed E-state index contributed by atoms with van der Waals surface area (Å²) >= 11 is 0. The van der Waals surface area contributed by atoms with Gasteiger partial charge in [0.1, 0.15) is 17.4 Å². The van der Waals surface area contributed by atoms with Crippen molar-refractivity contribution in [3.8, 4) is 5.69 Å². The number of benzene rings is 2. The maximum atomic E-state index is 13.8. The van der Waals surface area contributed by atoms with Crippen LogP contribution in [-0.2, 0) is 19.2 Å². The standard InChI is InChI=1S/C26H21FN4O6/c1-4-36-26(35)21-18(14(3)31(28-21)17-9-5-13(2)6-10-17)22(32)20-19-23(37-29-20)25(34)30(24(19)33)16-11-7-15(27)8-12-16/h5-12,19,23H,4H2,1-3H3. The molecule has 2 atom stereocenters. The largest absolute Gasteiger partial charge is 0.461 e. The van der Waals surface area contributed by atoms with E-state index in [0.29, 0.717) is 11.4 Å². The van der Waals surface area contributed by atoms with Crippen LogP contribution in [0.5, 0.6) is 0 Å². The van der Waals surface area contributed by atoms with Crippen molar-refractivity contribution >= 4 is 35.0 Å². The lowest BCUT2D eigenvalue weighted by atomic mass is 9.92. The Bertz CT molecular complexity index is 1480. The van der Waals surface area contributed by atoms with Gasteiger partial charge in [-0.05, 0) is 57.2 Å². The highest BCUT2D eigenvalue weighted by atomic mass is 19.1. The summed E-state index contributed by atoms with van der Waals surface area (Å²) in [7, 11) is 0. The molecule has 37 heavy (non-hydrogen) atoms. The van der Waals surface area contributed by atoms with Crippen molar-refractivity contribution in [1.29, 1.82) is 0 Å². The first-order valence-corrected chi connectivity index (χ1v) is 11.5. The van der Waals surface area contributed by atoms with E-state index < -0.39 is 41.4 Å². The minimum absolute atomic E-state index is 0.0529. The minimum Gasteiger partial charge on any atom is -0.461 e. The third kappa shape index (κ3) is 3.88. The van der Waals surface area contributed by atoms with Gasteiger partial charge < -0.3 is 9.57 Å². The number of imide groups is 1. The van der Waals surface area contributed by atoms with E-state index in [0.717, 1.165) is 22.6 Å². The van der Waals surface area contributed by atoms with Gasteiger partial charge in [0.25, 0.3) is 5.91 Å². The number of carbonyl (C=O) groups excluding carboxylic acids is 4. The summed E-state index contributed by atoms with van der Waals surface area (Å²) < 4.78 is 19.9. The minimum atomic E-state index is -1.35. The normalized spacial score (nSPS) is 18.5. The fourth-order valence-corrected chi connectivity index (χ4v) is 4.39. The van der Waals surface area contributed by atoms with Crippen LogP contribution in [0.1, 0.15) is 39.0 Å². The lowest BCUT2D eigenvalue weighted by molar-refractivity contribution is -0.126. The van der Waals surface area contributed by atoms with Crippen LogP contribution in [0, 0.1) is 25.6 Å². The number of anilines is 1. The first-order chi connectivity index (χ1) is 17.7. The van der Waals surface area contributed by atoms with E-state index >= 15 is 0 Å². The van der Waals surface area contributed by atoms with Crippen LogP contribution in [-0.4, -0.2) is 51.8 Å². The summed E-state index contributed by atoms with van der Waals surface area (Å²) in [5, 5.41) is 8.11. The van der Waals surface area contributed by atoms with Crippen molar-refractivity contribution in [3.05, 3.63) is 76.9 Å². The summed E-state index contributed by atoms with van der Waals surface area (Å²) in [6.07, 6.45) is -1.35. The SMILES string of the molecule is CCOC(=O)c1nn(-c2ccc(C)cc2)c(C)c1C(=O)C1=NOC2C(=O)N(c3ccc(F)cc3)C(=O)C12. The Morgan fingerprint density at radius 1 is 1.00 bits per heavy atom. The lowest BCUT2D eigenvalue weighted by Gasteiger charge is -2.15. The molecule has 0 spiro atoms. The maximum absolute atomic E-state index is 13.8. The predicted octanol–water partition coefficient (Wildman–Crippen LogP) is 2.93. The number of esters is 1. The zero-order valence-corrected chi connectivity index (χ0v) is 20.1. The number of fused-ring (bicyclic) bond motifs is 1. The highest BCUT2D eigenvalue weighted by Crippen LogP contribution is 2.35. The number of ketones is 1. The summed E-state index contributed by atoms with van der Waals surface area (Å²) in [5.41, 5.74) is 1.38. The number of oxime groups is 1. The van der Waals surface area contributed by atoms with Crippen molar-refractivity contribution in [3.63, 3.8) is 0 Å². The summed E-state index contributed by atoms with van der Waals surface area (Å²) in [6, 6.07) is 12.1. The van der Waals surface area contributed by atoms with E-state index in [-0.39, 0.29) is 29.3 Å². The zero-order chi connectivity index (χ0) is 26.4. The smallest absolute Gasteiger partial charge is 0.359 e. The molecule has 1 aromatic heterocycles. The zero-order valence-electron chi connectivity index (χ0n) is 20.1. The number of nitrogens with zero attached hydrogens (tertiary/aromatic N) is 4. The molecule has 188 valence electrons. The molecule has 0 bridgehead atoms. The van der Waals surface area contributed by atoms with Crippen LogP contribution in [0.3, 0.4) is 0 Å². The number of rotatable bonds is 6. The van der Waals surface area contributed by atoms with Gasteiger partial charge in [-0.1, -0.05) is 22.9 Å². The van der Waals surface area contributed by atoms with Crippen molar-refractivity contribution < 1.29 is 33.1 Å². The van der Waals surface area contributed by atoms with E-state index in [4.69, 9.17) is 9.57 Å². The predicted molar refractivity (Wildman–Crippen MR) is 128 cm³/mol. The monoisotopic (exact) mass is 504 g/mol. The maximum Gasteiger partial charge on any atom is 0.359 e. The van der Waals surface area contributed by atoms with Crippen LogP contribution >= 0.6 is 0 Å². The first-order valence-electron chi connectivity index (χ1n) is 11.5. The molecule has 0 saturated carbocycles. The average molecular weight is 504 g/mol. The van der Waals surface area contributed by atoms with Crippen LogP contribution < -0.4 is 4.90 Å². The Morgan fingerprint density at radius 2 is 1.65 bits per heavy atom. The van der Waals surface area contributed by atoms with Crippen LogP contribution in [0.4, 0.5) is 10.1 Å². The van der Waals surface area contributed by atoms with Gasteiger partial charge in [0, 0.05) is 0 Å². The molecule has 2 amide bonds. The molecule has 0 aliphatic carbocycles. The van der Waals surface area contributed by atoms with Gasteiger partial charge in [-0.2, -0.15) is 5.10 Å². The van der Waals surface area contributed by atoms with Gasteiger partial charge in [-0.3, -0.25) is 14.4 Å². The molecule has 3 heterocycles. The number of Topliss-reactive ketones (excluding diaryl/α,β-unsaturated/α-hetero) is 1. The fraction of sp³-hybridized carbons (Fsp3) is 0.231. The third-order valence-corrected chi connectivity index (χ3v) is 6.22. The Morgan fingerprint density at radius 3 is 2.30 bits per heavy atom. The van der Waals surface area contributed by atoms with Gasteiger partial charge in [0.15, 0.2) is 5.69 Å². The van der Waals surface area contributed by atoms with Gasteiger partial charge in [-0.25, -0.2) is 18.8 Å². The number of ether oxygens (including phenoxy) is 1. The molecule has 3 aromatic rings. The number of carbonyl (C=O) groups is 4.